The van der Waals surface area contributed by atoms with Gasteiger partial charge in [0.2, 0.25) is 0 Å². The topological polar surface area (TPSA) is 49.8 Å². The third kappa shape index (κ3) is 3.18. The summed E-state index contributed by atoms with van der Waals surface area (Å²) in [6.07, 6.45) is 0.240. The lowest BCUT2D eigenvalue weighted by Crippen LogP contribution is -2.54. The monoisotopic (exact) mass is 215 g/mol. The van der Waals surface area contributed by atoms with Crippen LogP contribution >= 0.6 is 0 Å². The number of ether oxygens (including phenoxy) is 1. The Balaban J connectivity index is 2.70. The summed E-state index contributed by atoms with van der Waals surface area (Å²) in [6.45, 7) is 9.29. The van der Waals surface area contributed by atoms with Crippen molar-refractivity contribution in [3.05, 3.63) is 0 Å². The molecule has 0 aromatic rings. The second-order valence-corrected chi connectivity index (χ2v) is 4.74. The van der Waals surface area contributed by atoms with Crippen molar-refractivity contribution in [2.75, 3.05) is 13.1 Å². The van der Waals surface area contributed by atoms with E-state index in [0.29, 0.717) is 13.1 Å². The van der Waals surface area contributed by atoms with Crippen molar-refractivity contribution in [2.24, 2.45) is 5.92 Å². The molecule has 0 saturated carbocycles. The van der Waals surface area contributed by atoms with Crippen molar-refractivity contribution >= 4 is 5.97 Å². The van der Waals surface area contributed by atoms with E-state index >= 15 is 0 Å². The summed E-state index contributed by atoms with van der Waals surface area (Å²) in [4.78, 5) is 13.2. The summed E-state index contributed by atoms with van der Waals surface area (Å²) < 4.78 is 5.59. The van der Waals surface area contributed by atoms with Crippen LogP contribution in [0.2, 0.25) is 0 Å². The minimum Gasteiger partial charge on any atom is -0.480 e. The van der Waals surface area contributed by atoms with Crippen LogP contribution in [0.3, 0.4) is 0 Å². The summed E-state index contributed by atoms with van der Waals surface area (Å²) in [5.41, 5.74) is 0. The fourth-order valence-corrected chi connectivity index (χ4v) is 2.31. The fraction of sp³-hybridized carbons (Fsp3) is 0.909. The molecular weight excluding hydrogens is 194 g/mol. The van der Waals surface area contributed by atoms with E-state index in [1.165, 1.54) is 0 Å². The molecule has 1 rings (SSSR count). The van der Waals surface area contributed by atoms with Crippen molar-refractivity contribution in [3.8, 4) is 0 Å². The molecule has 1 N–H and O–H groups in total. The van der Waals surface area contributed by atoms with E-state index in [2.05, 4.69) is 0 Å². The highest BCUT2D eigenvalue weighted by Gasteiger charge is 2.33. The first-order chi connectivity index (χ1) is 6.91. The predicted octanol–water partition coefficient (Wildman–Crippen LogP) is 1.20. The Hall–Kier alpha value is -0.610. The van der Waals surface area contributed by atoms with Crippen molar-refractivity contribution in [3.63, 3.8) is 0 Å². The normalized spacial score (nSPS) is 30.5. The van der Waals surface area contributed by atoms with Gasteiger partial charge in [-0.2, -0.15) is 0 Å². The first kappa shape index (κ1) is 12.5. The van der Waals surface area contributed by atoms with Gasteiger partial charge in [0.05, 0.1) is 12.2 Å². The fourth-order valence-electron chi connectivity index (χ4n) is 2.31. The molecule has 1 heterocycles. The zero-order valence-electron chi connectivity index (χ0n) is 9.93. The molecule has 1 fully saturated rings. The lowest BCUT2D eigenvalue weighted by Gasteiger charge is -2.39. The average Bonchev–Trinajstić information content (AvgIpc) is 1.99. The Morgan fingerprint density at radius 2 is 1.80 bits per heavy atom. The highest BCUT2D eigenvalue weighted by Crippen LogP contribution is 2.18. The van der Waals surface area contributed by atoms with Gasteiger partial charge in [-0.25, -0.2) is 0 Å². The van der Waals surface area contributed by atoms with Crippen molar-refractivity contribution in [1.82, 2.24) is 4.90 Å². The molecule has 1 aliphatic heterocycles. The third-order valence-corrected chi connectivity index (χ3v) is 2.73. The second kappa shape index (κ2) is 4.94. The number of carboxylic acid groups (broad SMARTS) is 1. The van der Waals surface area contributed by atoms with E-state index in [-0.39, 0.29) is 18.1 Å². The summed E-state index contributed by atoms with van der Waals surface area (Å²) in [7, 11) is 0. The van der Waals surface area contributed by atoms with E-state index in [1.807, 2.05) is 32.6 Å². The SMILES string of the molecule is CC1CN(C(C(=O)O)C(C)C)CC(C)O1. The molecule has 0 spiro atoms. The van der Waals surface area contributed by atoms with E-state index in [9.17, 15) is 9.90 Å². The van der Waals surface area contributed by atoms with E-state index in [0.717, 1.165) is 0 Å². The molecule has 0 aliphatic carbocycles. The van der Waals surface area contributed by atoms with Gasteiger partial charge in [0.15, 0.2) is 0 Å². The predicted molar refractivity (Wildman–Crippen MR) is 57.8 cm³/mol. The first-order valence-corrected chi connectivity index (χ1v) is 5.54. The molecule has 0 bridgehead atoms. The number of hydrogen-bond donors (Lipinski definition) is 1. The number of nitrogens with zero attached hydrogens (tertiary/aromatic N) is 1. The van der Waals surface area contributed by atoms with Gasteiger partial charge in [0.25, 0.3) is 0 Å². The second-order valence-electron chi connectivity index (χ2n) is 4.74. The molecule has 3 atom stereocenters. The Labute approximate surface area is 91.2 Å². The molecule has 0 aromatic carbocycles. The molecule has 0 aromatic heterocycles. The van der Waals surface area contributed by atoms with Gasteiger partial charge in [0, 0.05) is 13.1 Å². The van der Waals surface area contributed by atoms with Crippen molar-refractivity contribution < 1.29 is 14.6 Å². The quantitative estimate of drug-likeness (QED) is 0.768. The molecule has 4 nitrogen and oxygen atoms in total. The molecule has 0 amide bonds. The van der Waals surface area contributed by atoms with Crippen molar-refractivity contribution in [2.45, 2.75) is 45.9 Å². The molecule has 88 valence electrons. The van der Waals surface area contributed by atoms with E-state index in [1.54, 1.807) is 0 Å². The van der Waals surface area contributed by atoms with Gasteiger partial charge in [0.1, 0.15) is 6.04 Å². The lowest BCUT2D eigenvalue weighted by atomic mass is 10.0. The van der Waals surface area contributed by atoms with Crippen LogP contribution in [0.25, 0.3) is 0 Å². The Kier molecular flexibility index (Phi) is 4.11. The Morgan fingerprint density at radius 3 is 2.13 bits per heavy atom. The number of morpholine rings is 1. The van der Waals surface area contributed by atoms with Crippen LogP contribution in [-0.2, 0) is 9.53 Å². The van der Waals surface area contributed by atoms with Crippen molar-refractivity contribution in [1.29, 1.82) is 0 Å². The molecule has 1 saturated heterocycles. The van der Waals surface area contributed by atoms with Gasteiger partial charge < -0.3 is 9.84 Å². The Bertz CT molecular complexity index is 220. The minimum absolute atomic E-state index is 0.120. The lowest BCUT2D eigenvalue weighted by molar-refractivity contribution is -0.151. The van der Waals surface area contributed by atoms with Crippen LogP contribution in [0.15, 0.2) is 0 Å². The molecule has 0 radical (unpaired) electrons. The largest absolute Gasteiger partial charge is 0.480 e. The van der Waals surface area contributed by atoms with Gasteiger partial charge in [-0.15, -0.1) is 0 Å². The van der Waals surface area contributed by atoms with Crippen LogP contribution in [-0.4, -0.2) is 47.3 Å². The van der Waals surface area contributed by atoms with Gasteiger partial charge in [-0.05, 0) is 19.8 Å². The van der Waals surface area contributed by atoms with E-state index < -0.39 is 12.0 Å². The van der Waals surface area contributed by atoms with E-state index in [4.69, 9.17) is 4.74 Å². The average molecular weight is 215 g/mol. The molecular formula is C11H21NO3. The van der Waals surface area contributed by atoms with Crippen LogP contribution in [0, 0.1) is 5.92 Å². The number of rotatable bonds is 3. The van der Waals surface area contributed by atoms with Gasteiger partial charge in [-0.1, -0.05) is 13.8 Å². The number of carbonyl (C=O) groups is 1. The summed E-state index contributed by atoms with van der Waals surface area (Å²) in [5, 5.41) is 9.19. The van der Waals surface area contributed by atoms with Crippen LogP contribution < -0.4 is 0 Å². The Morgan fingerprint density at radius 1 is 1.33 bits per heavy atom. The number of aliphatic carboxylic acids is 1. The highest BCUT2D eigenvalue weighted by molar-refractivity contribution is 5.73. The third-order valence-electron chi connectivity index (χ3n) is 2.73. The zero-order valence-corrected chi connectivity index (χ0v) is 9.93. The minimum atomic E-state index is -0.730. The first-order valence-electron chi connectivity index (χ1n) is 5.54. The summed E-state index contributed by atoms with van der Waals surface area (Å²) in [5.74, 6) is -0.605. The highest BCUT2D eigenvalue weighted by atomic mass is 16.5. The molecule has 15 heavy (non-hydrogen) atoms. The van der Waals surface area contributed by atoms with Gasteiger partial charge in [-0.3, -0.25) is 9.69 Å². The standard InChI is InChI=1S/C11H21NO3/c1-7(2)10(11(13)14)12-5-8(3)15-9(4)6-12/h7-10H,5-6H2,1-4H3,(H,13,14). The smallest absolute Gasteiger partial charge is 0.321 e. The number of hydrogen-bond acceptors (Lipinski definition) is 3. The maximum absolute atomic E-state index is 11.2. The van der Waals surface area contributed by atoms with Gasteiger partial charge >= 0.3 is 5.97 Å². The summed E-state index contributed by atoms with van der Waals surface area (Å²) in [6, 6.07) is -0.390. The number of carboxylic acids is 1. The van der Waals surface area contributed by atoms with Crippen LogP contribution in [0.5, 0.6) is 0 Å². The van der Waals surface area contributed by atoms with Crippen LogP contribution in [0.1, 0.15) is 27.7 Å². The van der Waals surface area contributed by atoms with Crippen LogP contribution in [0.4, 0.5) is 0 Å². The maximum Gasteiger partial charge on any atom is 0.321 e. The summed E-state index contributed by atoms with van der Waals surface area (Å²) >= 11 is 0. The maximum atomic E-state index is 11.2. The zero-order chi connectivity index (χ0) is 11.6. The molecule has 4 heteroatoms. The molecule has 3 unspecified atom stereocenters. The molecule has 1 aliphatic rings.